The molecule has 1 atom stereocenters. The molecule has 0 unspecified atom stereocenters. The van der Waals surface area contributed by atoms with E-state index in [-0.39, 0.29) is 24.4 Å². The molecule has 2 N–H and O–H groups in total. The summed E-state index contributed by atoms with van der Waals surface area (Å²) in [6.45, 7) is 4.07. The van der Waals surface area contributed by atoms with Crippen LogP contribution in [0.5, 0.6) is 0 Å². The Kier molecular flexibility index (Phi) is 8.52. The fraction of sp³-hybridized carbons (Fsp3) is 0.0833. The van der Waals surface area contributed by atoms with Crippen molar-refractivity contribution in [3.05, 3.63) is 145 Å². The lowest BCUT2D eigenvalue weighted by molar-refractivity contribution is -0.111. The van der Waals surface area contributed by atoms with E-state index in [1.165, 1.54) is 24.5 Å². The first-order chi connectivity index (χ1) is 21.6. The van der Waals surface area contributed by atoms with E-state index in [1.54, 1.807) is 6.07 Å². The molecule has 6 rings (SSSR count). The lowest BCUT2D eigenvalue weighted by Gasteiger charge is -2.21. The zero-order valence-electron chi connectivity index (χ0n) is 23.7. The number of furan rings is 1. The van der Waals surface area contributed by atoms with E-state index in [0.717, 1.165) is 27.8 Å². The van der Waals surface area contributed by atoms with Crippen molar-refractivity contribution in [1.82, 2.24) is 9.97 Å². The van der Waals surface area contributed by atoms with Crippen molar-refractivity contribution in [2.45, 2.75) is 12.6 Å². The Hall–Kier alpha value is -5.60. The molecular weight excluding hydrogens is 555 g/mol. The molecule has 0 bridgehead atoms. The summed E-state index contributed by atoms with van der Waals surface area (Å²) in [5.74, 6) is 0.627. The maximum atomic E-state index is 13.7. The number of nitrogens with one attached hydrogen (secondary N) is 2. The van der Waals surface area contributed by atoms with Gasteiger partial charge in [0.25, 0.3) is 0 Å². The molecule has 2 aromatic heterocycles. The Morgan fingerprint density at radius 1 is 0.909 bits per heavy atom. The number of benzene rings is 4. The lowest BCUT2D eigenvalue weighted by atomic mass is 9.98. The highest BCUT2D eigenvalue weighted by Gasteiger charge is 2.24. The van der Waals surface area contributed by atoms with Crippen LogP contribution in [0.1, 0.15) is 17.2 Å². The summed E-state index contributed by atoms with van der Waals surface area (Å²) in [6, 6.07) is 33.3. The fourth-order valence-electron chi connectivity index (χ4n) is 5.02. The van der Waals surface area contributed by atoms with E-state index < -0.39 is 0 Å². The molecule has 218 valence electrons. The first-order valence-electron chi connectivity index (χ1n) is 14.1. The number of amides is 1. The molecule has 44 heavy (non-hydrogen) atoms. The van der Waals surface area contributed by atoms with E-state index >= 15 is 0 Å². The van der Waals surface area contributed by atoms with Crippen LogP contribution >= 0.6 is 0 Å². The van der Waals surface area contributed by atoms with E-state index in [2.05, 4.69) is 27.2 Å². The molecule has 0 aliphatic heterocycles. The van der Waals surface area contributed by atoms with Crippen molar-refractivity contribution in [3.8, 4) is 22.5 Å². The molecule has 8 heteroatoms. The zero-order chi connectivity index (χ0) is 30.3. The van der Waals surface area contributed by atoms with Gasteiger partial charge < -0.3 is 19.8 Å². The molecule has 7 nitrogen and oxygen atoms in total. The number of hydrogen-bond donors (Lipinski definition) is 2. The van der Waals surface area contributed by atoms with Gasteiger partial charge in [-0.25, -0.2) is 14.4 Å². The molecule has 0 saturated carbocycles. The van der Waals surface area contributed by atoms with Crippen molar-refractivity contribution < 1.29 is 18.3 Å². The smallest absolute Gasteiger partial charge is 0.247 e. The van der Waals surface area contributed by atoms with Gasteiger partial charge in [-0.3, -0.25) is 4.79 Å². The minimum absolute atomic E-state index is 0.256. The quantitative estimate of drug-likeness (QED) is 0.149. The Morgan fingerprint density at radius 2 is 1.66 bits per heavy atom. The summed E-state index contributed by atoms with van der Waals surface area (Å²) in [6.07, 6.45) is 2.70. The normalized spacial score (nSPS) is 11.7. The van der Waals surface area contributed by atoms with Gasteiger partial charge in [-0.05, 0) is 47.0 Å². The third-order valence-corrected chi connectivity index (χ3v) is 7.11. The zero-order valence-corrected chi connectivity index (χ0v) is 23.7. The average Bonchev–Trinajstić information content (AvgIpc) is 3.46. The summed E-state index contributed by atoms with van der Waals surface area (Å²) in [4.78, 5) is 21.0. The van der Waals surface area contributed by atoms with Crippen LogP contribution in [0.15, 0.2) is 133 Å². The van der Waals surface area contributed by atoms with Gasteiger partial charge >= 0.3 is 0 Å². The number of anilines is 2. The van der Waals surface area contributed by atoms with Crippen LogP contribution in [0.4, 0.5) is 15.9 Å². The second kappa shape index (κ2) is 13.1. The molecule has 4 aromatic carbocycles. The van der Waals surface area contributed by atoms with Crippen molar-refractivity contribution in [3.63, 3.8) is 0 Å². The van der Waals surface area contributed by atoms with Crippen LogP contribution in [0.3, 0.4) is 0 Å². The van der Waals surface area contributed by atoms with Crippen molar-refractivity contribution in [2.24, 2.45) is 0 Å². The molecule has 0 spiro atoms. The maximum Gasteiger partial charge on any atom is 0.247 e. The largest absolute Gasteiger partial charge is 0.437 e. The number of fused-ring (bicyclic) bond motifs is 1. The van der Waals surface area contributed by atoms with Crippen molar-refractivity contribution in [1.29, 1.82) is 0 Å². The number of ether oxygens (including phenoxy) is 1. The van der Waals surface area contributed by atoms with E-state index in [4.69, 9.17) is 9.15 Å². The topological polar surface area (TPSA) is 89.3 Å². The molecule has 0 radical (unpaired) electrons. The third-order valence-electron chi connectivity index (χ3n) is 7.11. The number of carbonyl (C=O) groups is 1. The SMILES string of the molecule is C=CC(=O)Nc1ccc(-c2c(-c3ccccc3)oc3ncnc(N[C@H](COCc4cccc(F)c4)c4ccccc4)c23)cc1. The van der Waals surface area contributed by atoms with Crippen LogP contribution < -0.4 is 10.6 Å². The fourth-order valence-corrected chi connectivity index (χ4v) is 5.02. The molecule has 2 heterocycles. The summed E-state index contributed by atoms with van der Waals surface area (Å²) >= 11 is 0. The Morgan fingerprint density at radius 3 is 2.39 bits per heavy atom. The second-order valence-corrected chi connectivity index (χ2v) is 10.1. The number of nitrogens with zero attached hydrogens (tertiary/aromatic N) is 2. The monoisotopic (exact) mass is 584 g/mol. The van der Waals surface area contributed by atoms with Gasteiger partial charge in [0.2, 0.25) is 11.6 Å². The van der Waals surface area contributed by atoms with Gasteiger partial charge in [0.1, 0.15) is 23.7 Å². The van der Waals surface area contributed by atoms with Crippen LogP contribution in [0.2, 0.25) is 0 Å². The Balaban J connectivity index is 1.40. The van der Waals surface area contributed by atoms with E-state index in [0.29, 0.717) is 35.0 Å². The molecule has 0 aliphatic carbocycles. The van der Waals surface area contributed by atoms with Gasteiger partial charge in [-0.15, -0.1) is 0 Å². The minimum atomic E-state index is -0.301. The first-order valence-corrected chi connectivity index (χ1v) is 14.1. The van der Waals surface area contributed by atoms with Gasteiger partial charge in [0, 0.05) is 16.8 Å². The van der Waals surface area contributed by atoms with Crippen LogP contribution in [-0.2, 0) is 16.1 Å². The van der Waals surface area contributed by atoms with Crippen molar-refractivity contribution in [2.75, 3.05) is 17.2 Å². The van der Waals surface area contributed by atoms with Gasteiger partial charge in [-0.1, -0.05) is 91.5 Å². The van der Waals surface area contributed by atoms with Gasteiger partial charge in [0.15, 0.2) is 0 Å². The molecule has 0 fully saturated rings. The highest BCUT2D eigenvalue weighted by molar-refractivity contribution is 6.06. The average molecular weight is 585 g/mol. The summed E-state index contributed by atoms with van der Waals surface area (Å²) < 4.78 is 26.2. The van der Waals surface area contributed by atoms with E-state index in [1.807, 2.05) is 91.0 Å². The first kappa shape index (κ1) is 28.5. The summed E-state index contributed by atoms with van der Waals surface area (Å²) in [5.41, 5.74) is 5.36. The van der Waals surface area contributed by atoms with E-state index in [9.17, 15) is 9.18 Å². The van der Waals surface area contributed by atoms with Gasteiger partial charge in [0.05, 0.1) is 24.6 Å². The molecule has 0 aliphatic rings. The predicted molar refractivity (Wildman–Crippen MR) is 170 cm³/mol. The number of aromatic nitrogens is 2. The number of halogens is 1. The van der Waals surface area contributed by atoms with Crippen LogP contribution in [0, 0.1) is 5.82 Å². The Bertz CT molecular complexity index is 1890. The number of hydrogen-bond acceptors (Lipinski definition) is 6. The second-order valence-electron chi connectivity index (χ2n) is 10.1. The van der Waals surface area contributed by atoms with Crippen LogP contribution in [-0.4, -0.2) is 22.5 Å². The summed E-state index contributed by atoms with van der Waals surface area (Å²) in [7, 11) is 0. The van der Waals surface area contributed by atoms with Crippen LogP contribution in [0.25, 0.3) is 33.6 Å². The predicted octanol–water partition coefficient (Wildman–Crippen LogP) is 8.19. The summed E-state index contributed by atoms with van der Waals surface area (Å²) in [5, 5.41) is 7.07. The van der Waals surface area contributed by atoms with Crippen molar-refractivity contribution >= 4 is 28.5 Å². The standard InChI is InChI=1S/C36H29FN4O3/c1-2-31(42)40-29-18-16-26(17-19-29)32-33-35(38-23-39-36(33)44-34(32)27-13-7-4-8-14-27)41-30(25-11-5-3-6-12-25)22-43-21-24-10-9-15-28(37)20-24/h2-20,23,30H,1,21-22H2,(H,40,42)(H,38,39,41)/t30-/m1/s1. The molecule has 0 saturated heterocycles. The maximum absolute atomic E-state index is 13.7. The lowest BCUT2D eigenvalue weighted by Crippen LogP contribution is -2.18. The molecule has 1 amide bonds. The molecular formula is C36H29FN4O3. The third kappa shape index (κ3) is 6.40. The van der Waals surface area contributed by atoms with Gasteiger partial charge in [-0.2, -0.15) is 0 Å². The number of carbonyl (C=O) groups excluding carboxylic acids is 1. The number of rotatable bonds is 11. The molecule has 6 aromatic rings. The highest BCUT2D eigenvalue weighted by Crippen LogP contribution is 2.43. The Labute approximate surface area is 254 Å². The highest BCUT2D eigenvalue weighted by atomic mass is 19.1. The minimum Gasteiger partial charge on any atom is -0.437 e.